The van der Waals surface area contributed by atoms with Crippen LogP contribution in [-0.2, 0) is 35.2 Å². The summed E-state index contributed by atoms with van der Waals surface area (Å²) in [5.74, 6) is -4.54. The lowest BCUT2D eigenvalue weighted by Crippen LogP contribution is -2.53. The fourth-order valence-corrected chi connectivity index (χ4v) is 3.48. The fourth-order valence-electron chi connectivity index (χ4n) is 3.24. The van der Waals surface area contributed by atoms with Crippen molar-refractivity contribution in [2.45, 2.75) is 38.4 Å². The van der Waals surface area contributed by atoms with Gasteiger partial charge >= 0.3 is 5.97 Å². The summed E-state index contributed by atoms with van der Waals surface area (Å²) >= 11 is 3.84. The van der Waals surface area contributed by atoms with Crippen LogP contribution in [0.15, 0.2) is 64.8 Å². The largest absolute Gasteiger partial charge is 0.480 e. The molecular formula is C27H33N7O7S. The van der Waals surface area contributed by atoms with Gasteiger partial charge in [0, 0.05) is 5.75 Å². The van der Waals surface area contributed by atoms with Gasteiger partial charge in [-0.25, -0.2) is 4.79 Å². The van der Waals surface area contributed by atoms with Crippen molar-refractivity contribution in [3.8, 4) is 0 Å². The van der Waals surface area contributed by atoms with Gasteiger partial charge in [-0.1, -0.05) is 30.3 Å². The molecule has 0 fully saturated rings. The Hall–Kier alpha value is -4.79. The van der Waals surface area contributed by atoms with E-state index in [9.17, 15) is 28.8 Å². The van der Waals surface area contributed by atoms with Gasteiger partial charge in [-0.05, 0) is 43.7 Å². The summed E-state index contributed by atoms with van der Waals surface area (Å²) in [5.41, 5.74) is 2.03. The van der Waals surface area contributed by atoms with Gasteiger partial charge in [0.1, 0.15) is 18.1 Å². The van der Waals surface area contributed by atoms with Crippen molar-refractivity contribution in [1.29, 1.82) is 0 Å². The quantitative estimate of drug-likeness (QED) is 0.113. The first-order chi connectivity index (χ1) is 20.0. The third kappa shape index (κ3) is 12.2. The van der Waals surface area contributed by atoms with Crippen LogP contribution < -0.4 is 26.6 Å². The van der Waals surface area contributed by atoms with E-state index in [4.69, 9.17) is 5.11 Å². The first-order valence-corrected chi connectivity index (χ1v) is 13.4. The highest BCUT2D eigenvalue weighted by atomic mass is 32.1. The monoisotopic (exact) mass is 599 g/mol. The van der Waals surface area contributed by atoms with Crippen molar-refractivity contribution < 1.29 is 33.9 Å². The van der Waals surface area contributed by atoms with Crippen LogP contribution in [0.2, 0.25) is 0 Å². The molecule has 0 aliphatic carbocycles. The highest BCUT2D eigenvalue weighted by molar-refractivity contribution is 7.80. The van der Waals surface area contributed by atoms with Crippen LogP contribution in [0.1, 0.15) is 19.4 Å². The van der Waals surface area contributed by atoms with Crippen LogP contribution in [0.4, 0.5) is 11.4 Å². The van der Waals surface area contributed by atoms with Crippen molar-refractivity contribution in [2.75, 3.05) is 18.8 Å². The SMILES string of the molecule is C[C@H](NC(=O)CNC(=O)Cc1ccc(N=Nc2ccccc2)cc1)C(=O)NCC(=O)N[C@@H](C)C(=O)N[C@@H](CS)C(=O)O. The van der Waals surface area contributed by atoms with E-state index in [0.717, 1.165) is 0 Å². The van der Waals surface area contributed by atoms with Gasteiger partial charge in [0.25, 0.3) is 0 Å². The van der Waals surface area contributed by atoms with Crippen molar-refractivity contribution in [2.24, 2.45) is 10.2 Å². The van der Waals surface area contributed by atoms with Gasteiger partial charge in [-0.3, -0.25) is 24.0 Å². The van der Waals surface area contributed by atoms with Crippen molar-refractivity contribution >= 4 is 59.5 Å². The number of amides is 5. The first kappa shape index (κ1) is 33.4. The second-order valence-corrected chi connectivity index (χ2v) is 9.40. The van der Waals surface area contributed by atoms with E-state index in [0.29, 0.717) is 16.9 Å². The molecule has 0 radical (unpaired) electrons. The van der Waals surface area contributed by atoms with Gasteiger partial charge in [0.2, 0.25) is 29.5 Å². The summed E-state index contributed by atoms with van der Waals surface area (Å²) < 4.78 is 0. The molecule has 14 nitrogen and oxygen atoms in total. The normalized spacial score (nSPS) is 12.8. The van der Waals surface area contributed by atoms with E-state index in [2.05, 4.69) is 49.4 Å². The lowest BCUT2D eigenvalue weighted by atomic mass is 10.1. The topological polar surface area (TPSA) is 208 Å². The Morgan fingerprint density at radius 2 is 1.24 bits per heavy atom. The zero-order valence-corrected chi connectivity index (χ0v) is 23.9. The van der Waals surface area contributed by atoms with Gasteiger partial charge in [-0.2, -0.15) is 22.9 Å². The number of nitrogens with one attached hydrogen (secondary N) is 5. The van der Waals surface area contributed by atoms with Gasteiger partial charge in [-0.15, -0.1) is 0 Å². The summed E-state index contributed by atoms with van der Waals surface area (Å²) in [7, 11) is 0. The number of hydrogen-bond donors (Lipinski definition) is 7. The molecule has 0 spiro atoms. The number of hydrogen-bond acceptors (Lipinski definition) is 9. The molecule has 0 saturated heterocycles. The Balaban J connectivity index is 1.68. The zero-order valence-electron chi connectivity index (χ0n) is 23.0. The Morgan fingerprint density at radius 1 is 0.714 bits per heavy atom. The maximum Gasteiger partial charge on any atom is 0.327 e. The average molecular weight is 600 g/mol. The molecule has 5 amide bonds. The number of aliphatic carboxylic acids is 1. The number of thiol groups is 1. The summed E-state index contributed by atoms with van der Waals surface area (Å²) in [4.78, 5) is 71.7. The third-order valence-electron chi connectivity index (χ3n) is 5.55. The smallest absolute Gasteiger partial charge is 0.327 e. The van der Waals surface area contributed by atoms with Crippen molar-refractivity contribution in [3.05, 3.63) is 60.2 Å². The molecule has 0 unspecified atom stereocenters. The minimum absolute atomic E-state index is 0.0244. The van der Waals surface area contributed by atoms with E-state index in [-0.39, 0.29) is 18.7 Å². The second-order valence-electron chi connectivity index (χ2n) is 9.03. The number of carbonyl (C=O) groups excluding carboxylic acids is 5. The van der Waals surface area contributed by atoms with Crippen LogP contribution in [0, 0.1) is 0 Å². The average Bonchev–Trinajstić information content (AvgIpc) is 2.97. The Kier molecular flexibility index (Phi) is 13.6. The van der Waals surface area contributed by atoms with E-state index in [1.165, 1.54) is 13.8 Å². The molecule has 3 atom stereocenters. The molecule has 0 aromatic heterocycles. The molecule has 0 aliphatic heterocycles. The molecule has 2 aromatic carbocycles. The number of benzene rings is 2. The highest BCUT2D eigenvalue weighted by Crippen LogP contribution is 2.18. The molecule has 42 heavy (non-hydrogen) atoms. The molecule has 0 aliphatic rings. The van der Waals surface area contributed by atoms with E-state index < -0.39 is 60.2 Å². The molecular weight excluding hydrogens is 566 g/mol. The molecule has 6 N–H and O–H groups in total. The number of rotatable bonds is 15. The van der Waals surface area contributed by atoms with Crippen LogP contribution in [0.3, 0.4) is 0 Å². The predicted molar refractivity (Wildman–Crippen MR) is 155 cm³/mol. The summed E-state index contributed by atoms with van der Waals surface area (Å²) in [6.45, 7) is 1.88. The van der Waals surface area contributed by atoms with Crippen LogP contribution >= 0.6 is 12.6 Å². The Morgan fingerprint density at radius 3 is 1.79 bits per heavy atom. The maximum atomic E-state index is 12.2. The van der Waals surface area contributed by atoms with Crippen LogP contribution in [-0.4, -0.2) is 77.6 Å². The molecule has 0 heterocycles. The van der Waals surface area contributed by atoms with Crippen LogP contribution in [0.5, 0.6) is 0 Å². The molecule has 2 rings (SSSR count). The summed E-state index contributed by atoms with van der Waals surface area (Å²) in [6.07, 6.45) is 0.0244. The number of nitrogens with zero attached hydrogens (tertiary/aromatic N) is 2. The third-order valence-corrected chi connectivity index (χ3v) is 5.91. The standard InChI is InChI=1S/C27H33N7O7S/c1-16(25(38)29-14-24(37)31-17(2)26(39)32-21(15-42)27(40)41)30-23(36)13-28-22(35)12-18-8-10-20(11-9-18)34-33-19-6-4-3-5-7-19/h3-11,16-17,21,42H,12-15H2,1-2H3,(H,28,35)(H,29,38)(H,30,36)(H,31,37)(H,32,39)(H,40,41)/t16-,17-,21-/m0/s1. The molecule has 0 bridgehead atoms. The molecule has 15 heteroatoms. The number of azo groups is 1. The molecule has 2 aromatic rings. The lowest BCUT2D eigenvalue weighted by molar-refractivity contribution is -0.141. The first-order valence-electron chi connectivity index (χ1n) is 12.8. The fraction of sp³-hybridized carbons (Fsp3) is 0.333. The predicted octanol–water partition coefficient (Wildman–Crippen LogP) is 0.386. The van der Waals surface area contributed by atoms with E-state index in [1.807, 2.05) is 30.3 Å². The number of carbonyl (C=O) groups is 6. The van der Waals surface area contributed by atoms with E-state index in [1.54, 1.807) is 24.3 Å². The van der Waals surface area contributed by atoms with Crippen molar-refractivity contribution in [3.63, 3.8) is 0 Å². The number of carboxylic acid groups (broad SMARTS) is 1. The maximum absolute atomic E-state index is 12.2. The number of carboxylic acids is 1. The minimum Gasteiger partial charge on any atom is -0.480 e. The molecule has 224 valence electrons. The highest BCUT2D eigenvalue weighted by Gasteiger charge is 2.23. The zero-order chi connectivity index (χ0) is 31.1. The minimum atomic E-state index is -1.27. The summed E-state index contributed by atoms with van der Waals surface area (Å²) in [5, 5.41) is 29.0. The van der Waals surface area contributed by atoms with Gasteiger partial charge in [0.15, 0.2) is 0 Å². The van der Waals surface area contributed by atoms with Crippen LogP contribution in [0.25, 0.3) is 0 Å². The Bertz CT molecular complexity index is 1290. The second kappa shape index (κ2) is 17.1. The van der Waals surface area contributed by atoms with Gasteiger partial charge < -0.3 is 31.7 Å². The lowest BCUT2D eigenvalue weighted by Gasteiger charge is -2.18. The summed E-state index contributed by atoms with van der Waals surface area (Å²) in [6, 6.07) is 12.8. The Labute approximate surface area is 247 Å². The van der Waals surface area contributed by atoms with E-state index >= 15 is 0 Å². The van der Waals surface area contributed by atoms with Gasteiger partial charge in [0.05, 0.1) is 30.9 Å². The van der Waals surface area contributed by atoms with Crippen molar-refractivity contribution in [1.82, 2.24) is 26.6 Å². The molecule has 0 saturated carbocycles.